The van der Waals surface area contributed by atoms with Crippen molar-refractivity contribution in [1.29, 1.82) is 0 Å². The topological polar surface area (TPSA) is 56.3 Å². The number of hydrogen-bond donors (Lipinski definition) is 1. The van der Waals surface area contributed by atoms with Gasteiger partial charge in [0.15, 0.2) is 11.6 Å². The standard InChI is InChI=1S/C15H16FN3O2/c1-20-10-5-6-11(12(7-10)21-2)19-15-13(16)14(9-3-4-9)17-8-18-15/h5-9H,3-4H2,1-2H3,(H,17,18,19). The van der Waals surface area contributed by atoms with Crippen LogP contribution in [0.1, 0.15) is 24.5 Å². The molecule has 0 saturated heterocycles. The Morgan fingerprint density at radius 2 is 2.00 bits per heavy atom. The first-order valence-electron chi connectivity index (χ1n) is 6.72. The number of hydrogen-bond acceptors (Lipinski definition) is 5. The van der Waals surface area contributed by atoms with Crippen molar-refractivity contribution < 1.29 is 13.9 Å². The van der Waals surface area contributed by atoms with Crippen LogP contribution in [-0.4, -0.2) is 24.2 Å². The minimum atomic E-state index is -0.391. The highest BCUT2D eigenvalue weighted by Crippen LogP contribution is 2.41. The van der Waals surface area contributed by atoms with E-state index in [2.05, 4.69) is 15.3 Å². The highest BCUT2D eigenvalue weighted by molar-refractivity contribution is 5.66. The molecule has 21 heavy (non-hydrogen) atoms. The van der Waals surface area contributed by atoms with Crippen LogP contribution in [0.3, 0.4) is 0 Å². The van der Waals surface area contributed by atoms with Gasteiger partial charge in [-0.05, 0) is 25.0 Å². The molecule has 5 nitrogen and oxygen atoms in total. The highest BCUT2D eigenvalue weighted by atomic mass is 19.1. The molecule has 1 heterocycles. The molecule has 1 aromatic carbocycles. The highest BCUT2D eigenvalue weighted by Gasteiger charge is 2.29. The van der Waals surface area contributed by atoms with E-state index in [0.29, 0.717) is 22.9 Å². The summed E-state index contributed by atoms with van der Waals surface area (Å²) in [5.41, 5.74) is 1.11. The largest absolute Gasteiger partial charge is 0.497 e. The van der Waals surface area contributed by atoms with Gasteiger partial charge in [-0.25, -0.2) is 14.4 Å². The van der Waals surface area contributed by atoms with Crippen LogP contribution in [0.4, 0.5) is 15.9 Å². The van der Waals surface area contributed by atoms with Gasteiger partial charge < -0.3 is 14.8 Å². The predicted octanol–water partition coefficient (Wildman–Crippen LogP) is 3.25. The quantitative estimate of drug-likeness (QED) is 0.915. The number of aromatic nitrogens is 2. The van der Waals surface area contributed by atoms with Crippen molar-refractivity contribution in [2.45, 2.75) is 18.8 Å². The number of nitrogens with zero attached hydrogens (tertiary/aromatic N) is 2. The molecule has 1 aliphatic carbocycles. The lowest BCUT2D eigenvalue weighted by Gasteiger charge is -2.13. The SMILES string of the molecule is COc1ccc(Nc2ncnc(C3CC3)c2F)c(OC)c1. The van der Waals surface area contributed by atoms with Crippen LogP contribution >= 0.6 is 0 Å². The zero-order valence-corrected chi connectivity index (χ0v) is 11.9. The zero-order chi connectivity index (χ0) is 14.8. The first kappa shape index (κ1) is 13.6. The lowest BCUT2D eigenvalue weighted by atomic mass is 10.2. The van der Waals surface area contributed by atoms with Gasteiger partial charge in [-0.3, -0.25) is 0 Å². The van der Waals surface area contributed by atoms with Crippen molar-refractivity contribution in [2.24, 2.45) is 0 Å². The van der Waals surface area contributed by atoms with Gasteiger partial charge in [-0.2, -0.15) is 0 Å². The Morgan fingerprint density at radius 3 is 2.67 bits per heavy atom. The third-order valence-electron chi connectivity index (χ3n) is 3.44. The summed E-state index contributed by atoms with van der Waals surface area (Å²) in [7, 11) is 3.12. The van der Waals surface area contributed by atoms with E-state index < -0.39 is 5.82 Å². The van der Waals surface area contributed by atoms with Gasteiger partial charge in [0.2, 0.25) is 0 Å². The second-order valence-electron chi connectivity index (χ2n) is 4.89. The van der Waals surface area contributed by atoms with Crippen molar-refractivity contribution in [2.75, 3.05) is 19.5 Å². The number of benzene rings is 1. The molecule has 0 amide bonds. The molecule has 0 radical (unpaired) electrons. The Balaban J connectivity index is 1.91. The van der Waals surface area contributed by atoms with E-state index in [0.717, 1.165) is 12.8 Å². The third-order valence-corrected chi connectivity index (χ3v) is 3.44. The van der Waals surface area contributed by atoms with E-state index in [1.165, 1.54) is 6.33 Å². The Morgan fingerprint density at radius 1 is 1.19 bits per heavy atom. The Hall–Kier alpha value is -2.37. The van der Waals surface area contributed by atoms with Crippen molar-refractivity contribution >= 4 is 11.5 Å². The van der Waals surface area contributed by atoms with Gasteiger partial charge in [0.25, 0.3) is 0 Å². The van der Waals surface area contributed by atoms with E-state index in [1.54, 1.807) is 32.4 Å². The van der Waals surface area contributed by atoms with Crippen LogP contribution in [0.2, 0.25) is 0 Å². The summed E-state index contributed by atoms with van der Waals surface area (Å²) in [5, 5.41) is 2.96. The summed E-state index contributed by atoms with van der Waals surface area (Å²) in [6, 6.07) is 5.25. The Kier molecular flexibility index (Phi) is 3.60. The number of halogens is 1. The van der Waals surface area contributed by atoms with E-state index in [9.17, 15) is 4.39 Å². The Labute approximate surface area is 122 Å². The maximum Gasteiger partial charge on any atom is 0.187 e. The van der Waals surface area contributed by atoms with Gasteiger partial charge in [0, 0.05) is 12.0 Å². The molecular weight excluding hydrogens is 273 g/mol. The molecule has 110 valence electrons. The fraction of sp³-hybridized carbons (Fsp3) is 0.333. The maximum atomic E-state index is 14.4. The smallest absolute Gasteiger partial charge is 0.187 e. The number of nitrogens with one attached hydrogen (secondary N) is 1. The maximum absolute atomic E-state index is 14.4. The zero-order valence-electron chi connectivity index (χ0n) is 11.9. The summed E-state index contributed by atoms with van der Waals surface area (Å²) in [4.78, 5) is 8.01. The summed E-state index contributed by atoms with van der Waals surface area (Å²) >= 11 is 0. The monoisotopic (exact) mass is 289 g/mol. The van der Waals surface area contributed by atoms with Crippen LogP contribution < -0.4 is 14.8 Å². The van der Waals surface area contributed by atoms with Crippen LogP contribution in [0.5, 0.6) is 11.5 Å². The average molecular weight is 289 g/mol. The molecule has 3 rings (SSSR count). The van der Waals surface area contributed by atoms with Gasteiger partial charge in [0.1, 0.15) is 17.8 Å². The van der Waals surface area contributed by atoms with Crippen molar-refractivity contribution in [3.63, 3.8) is 0 Å². The summed E-state index contributed by atoms with van der Waals surface area (Å²) in [6.45, 7) is 0. The van der Waals surface area contributed by atoms with Crippen molar-refractivity contribution in [3.05, 3.63) is 36.0 Å². The minimum absolute atomic E-state index is 0.162. The molecule has 1 aromatic heterocycles. The second kappa shape index (κ2) is 5.55. The normalized spacial score (nSPS) is 13.9. The number of ether oxygens (including phenoxy) is 2. The molecule has 6 heteroatoms. The van der Waals surface area contributed by atoms with E-state index in [1.807, 2.05) is 0 Å². The molecule has 0 atom stereocenters. The number of methoxy groups -OCH3 is 2. The lowest BCUT2D eigenvalue weighted by Crippen LogP contribution is -2.03. The van der Waals surface area contributed by atoms with Crippen LogP contribution in [0.15, 0.2) is 24.5 Å². The molecular formula is C15H16FN3O2. The minimum Gasteiger partial charge on any atom is -0.497 e. The first-order chi connectivity index (χ1) is 10.2. The number of anilines is 2. The van der Waals surface area contributed by atoms with Gasteiger partial charge in [-0.15, -0.1) is 0 Å². The molecule has 1 N–H and O–H groups in total. The van der Waals surface area contributed by atoms with Crippen LogP contribution in [-0.2, 0) is 0 Å². The third kappa shape index (κ3) is 2.74. The number of rotatable bonds is 5. The fourth-order valence-corrected chi connectivity index (χ4v) is 2.14. The fourth-order valence-electron chi connectivity index (χ4n) is 2.14. The van der Waals surface area contributed by atoms with Gasteiger partial charge in [0.05, 0.1) is 25.6 Å². The molecule has 2 aromatic rings. The average Bonchev–Trinajstić information content (AvgIpc) is 3.34. The van der Waals surface area contributed by atoms with Crippen molar-refractivity contribution in [3.8, 4) is 11.5 Å². The molecule has 0 unspecified atom stereocenters. The molecule has 1 aliphatic rings. The molecule has 0 bridgehead atoms. The molecule has 0 spiro atoms. The van der Waals surface area contributed by atoms with Crippen LogP contribution in [0, 0.1) is 5.82 Å². The summed E-state index contributed by atoms with van der Waals surface area (Å²) < 4.78 is 24.8. The van der Waals surface area contributed by atoms with E-state index in [4.69, 9.17) is 9.47 Å². The molecule has 1 saturated carbocycles. The molecule has 0 aliphatic heterocycles. The van der Waals surface area contributed by atoms with Gasteiger partial charge in [-0.1, -0.05) is 0 Å². The lowest BCUT2D eigenvalue weighted by molar-refractivity contribution is 0.395. The Bertz CT molecular complexity index is 659. The summed E-state index contributed by atoms with van der Waals surface area (Å²) in [5.74, 6) is 1.22. The van der Waals surface area contributed by atoms with Gasteiger partial charge >= 0.3 is 0 Å². The van der Waals surface area contributed by atoms with E-state index >= 15 is 0 Å². The summed E-state index contributed by atoms with van der Waals surface area (Å²) in [6.07, 6.45) is 3.35. The second-order valence-corrected chi connectivity index (χ2v) is 4.89. The van der Waals surface area contributed by atoms with Crippen LogP contribution in [0.25, 0.3) is 0 Å². The molecule has 1 fully saturated rings. The predicted molar refractivity (Wildman–Crippen MR) is 76.8 cm³/mol. The first-order valence-corrected chi connectivity index (χ1v) is 6.72. The van der Waals surface area contributed by atoms with E-state index in [-0.39, 0.29) is 11.7 Å². The van der Waals surface area contributed by atoms with Crippen molar-refractivity contribution in [1.82, 2.24) is 9.97 Å².